The SMILES string of the molecule is COC(=O)[C@@H]1[C@H](C)N1C. The summed E-state index contributed by atoms with van der Waals surface area (Å²) >= 11 is 0. The van der Waals surface area contributed by atoms with E-state index in [-0.39, 0.29) is 12.0 Å². The number of methoxy groups -OCH3 is 1. The van der Waals surface area contributed by atoms with Gasteiger partial charge < -0.3 is 4.74 Å². The van der Waals surface area contributed by atoms with E-state index in [4.69, 9.17) is 0 Å². The molecule has 9 heavy (non-hydrogen) atoms. The summed E-state index contributed by atoms with van der Waals surface area (Å²) in [5.41, 5.74) is 0. The fourth-order valence-electron chi connectivity index (χ4n) is 0.978. The van der Waals surface area contributed by atoms with E-state index >= 15 is 0 Å². The van der Waals surface area contributed by atoms with Gasteiger partial charge in [-0.15, -0.1) is 0 Å². The van der Waals surface area contributed by atoms with Crippen molar-refractivity contribution in [2.45, 2.75) is 19.0 Å². The maximum atomic E-state index is 10.7. The highest BCUT2D eigenvalue weighted by atomic mass is 16.5. The Hall–Kier alpha value is -0.570. The van der Waals surface area contributed by atoms with Crippen LogP contribution >= 0.6 is 0 Å². The molecule has 3 atom stereocenters. The number of rotatable bonds is 1. The van der Waals surface area contributed by atoms with Gasteiger partial charge in [0, 0.05) is 6.04 Å². The van der Waals surface area contributed by atoms with Gasteiger partial charge >= 0.3 is 5.97 Å². The van der Waals surface area contributed by atoms with Crippen LogP contribution in [-0.4, -0.2) is 37.1 Å². The molecule has 0 bridgehead atoms. The molecule has 1 unspecified atom stereocenters. The maximum absolute atomic E-state index is 10.7. The Labute approximate surface area is 54.6 Å². The molecular formula is C6H11NO2. The third-order valence-corrected chi connectivity index (χ3v) is 1.89. The first kappa shape index (κ1) is 6.55. The molecule has 0 aromatic carbocycles. The number of likely N-dealkylation sites (N-methyl/N-ethyl adjacent to an activating group) is 1. The fourth-order valence-corrected chi connectivity index (χ4v) is 0.978. The Balaban J connectivity index is 2.40. The average molecular weight is 129 g/mol. The van der Waals surface area contributed by atoms with Crippen LogP contribution < -0.4 is 0 Å². The average Bonchev–Trinajstić information content (AvgIpc) is 2.40. The highest BCUT2D eigenvalue weighted by Crippen LogP contribution is 2.25. The number of esters is 1. The third-order valence-electron chi connectivity index (χ3n) is 1.89. The summed E-state index contributed by atoms with van der Waals surface area (Å²) in [5.74, 6) is -0.120. The zero-order valence-electron chi connectivity index (χ0n) is 5.92. The van der Waals surface area contributed by atoms with Crippen molar-refractivity contribution in [3.63, 3.8) is 0 Å². The molecule has 52 valence electrons. The van der Waals surface area contributed by atoms with Gasteiger partial charge in [0.25, 0.3) is 0 Å². The summed E-state index contributed by atoms with van der Waals surface area (Å²) in [7, 11) is 3.33. The van der Waals surface area contributed by atoms with Gasteiger partial charge in [-0.05, 0) is 14.0 Å². The number of ether oxygens (including phenoxy) is 1. The van der Waals surface area contributed by atoms with E-state index in [0.29, 0.717) is 6.04 Å². The van der Waals surface area contributed by atoms with Gasteiger partial charge in [0.15, 0.2) is 0 Å². The van der Waals surface area contributed by atoms with E-state index in [1.165, 1.54) is 7.11 Å². The molecule has 1 rings (SSSR count). The lowest BCUT2D eigenvalue weighted by Crippen LogP contribution is -2.12. The molecule has 3 heteroatoms. The summed E-state index contributed by atoms with van der Waals surface area (Å²) in [5, 5.41) is 0. The lowest BCUT2D eigenvalue weighted by molar-refractivity contribution is -0.140. The van der Waals surface area contributed by atoms with Crippen molar-refractivity contribution in [3.8, 4) is 0 Å². The molecule has 1 fully saturated rings. The van der Waals surface area contributed by atoms with Gasteiger partial charge in [-0.25, -0.2) is 0 Å². The van der Waals surface area contributed by atoms with E-state index in [2.05, 4.69) is 4.74 Å². The van der Waals surface area contributed by atoms with Gasteiger partial charge in [-0.2, -0.15) is 0 Å². The number of nitrogens with zero attached hydrogens (tertiary/aromatic N) is 1. The first-order valence-electron chi connectivity index (χ1n) is 2.98. The second-order valence-corrected chi connectivity index (χ2v) is 2.37. The second kappa shape index (κ2) is 1.99. The topological polar surface area (TPSA) is 29.3 Å². The Morgan fingerprint density at radius 2 is 2.11 bits per heavy atom. The largest absolute Gasteiger partial charge is 0.468 e. The minimum Gasteiger partial charge on any atom is -0.468 e. The highest BCUT2D eigenvalue weighted by Gasteiger charge is 2.47. The molecule has 1 heterocycles. The summed E-state index contributed by atoms with van der Waals surface area (Å²) < 4.78 is 4.53. The van der Waals surface area contributed by atoms with Crippen molar-refractivity contribution in [3.05, 3.63) is 0 Å². The van der Waals surface area contributed by atoms with Crippen molar-refractivity contribution < 1.29 is 9.53 Å². The zero-order chi connectivity index (χ0) is 7.02. The minimum atomic E-state index is -0.120. The molecule has 3 nitrogen and oxygen atoms in total. The molecule has 0 aromatic rings. The van der Waals surface area contributed by atoms with Crippen molar-refractivity contribution in [1.29, 1.82) is 0 Å². The molecule has 0 N–H and O–H groups in total. The molecule has 0 amide bonds. The first-order valence-corrected chi connectivity index (χ1v) is 2.98. The van der Waals surface area contributed by atoms with E-state index in [0.717, 1.165) is 0 Å². The summed E-state index contributed by atoms with van der Waals surface area (Å²) in [6.45, 7) is 2.00. The van der Waals surface area contributed by atoms with E-state index in [1.807, 2.05) is 18.9 Å². The summed E-state index contributed by atoms with van der Waals surface area (Å²) in [6, 6.07) is 0.396. The van der Waals surface area contributed by atoms with Crippen molar-refractivity contribution in [2.24, 2.45) is 0 Å². The van der Waals surface area contributed by atoms with Gasteiger partial charge in [0.1, 0.15) is 6.04 Å². The molecule has 1 aliphatic rings. The normalized spacial score (nSPS) is 40.1. The second-order valence-electron chi connectivity index (χ2n) is 2.37. The number of carbonyl (C=O) groups is 1. The van der Waals surface area contributed by atoms with Crippen LogP contribution in [0.25, 0.3) is 0 Å². The maximum Gasteiger partial charge on any atom is 0.324 e. The van der Waals surface area contributed by atoms with Crippen molar-refractivity contribution in [2.75, 3.05) is 14.2 Å². The highest BCUT2D eigenvalue weighted by molar-refractivity contribution is 5.79. The van der Waals surface area contributed by atoms with Crippen LogP contribution in [0.4, 0.5) is 0 Å². The van der Waals surface area contributed by atoms with Gasteiger partial charge in [-0.3, -0.25) is 9.69 Å². The minimum absolute atomic E-state index is 0.0231. The number of hydrogen-bond donors (Lipinski definition) is 0. The van der Waals surface area contributed by atoms with Crippen LogP contribution in [-0.2, 0) is 9.53 Å². The van der Waals surface area contributed by atoms with Crippen LogP contribution in [0, 0.1) is 0 Å². The lowest BCUT2D eigenvalue weighted by Gasteiger charge is -1.92. The van der Waals surface area contributed by atoms with Crippen LogP contribution in [0.5, 0.6) is 0 Å². The smallest absolute Gasteiger partial charge is 0.324 e. The van der Waals surface area contributed by atoms with Crippen LogP contribution in [0.1, 0.15) is 6.92 Å². The van der Waals surface area contributed by atoms with Gasteiger partial charge in [0.2, 0.25) is 0 Å². The molecule has 0 radical (unpaired) electrons. The molecule has 0 aromatic heterocycles. The van der Waals surface area contributed by atoms with Gasteiger partial charge in [0.05, 0.1) is 7.11 Å². The Bertz CT molecular complexity index is 127. The Kier molecular flexibility index (Phi) is 1.45. The monoisotopic (exact) mass is 129 g/mol. The lowest BCUT2D eigenvalue weighted by atomic mass is 10.3. The van der Waals surface area contributed by atoms with E-state index < -0.39 is 0 Å². The Morgan fingerprint density at radius 1 is 1.67 bits per heavy atom. The molecule has 1 saturated heterocycles. The van der Waals surface area contributed by atoms with Crippen LogP contribution in [0.3, 0.4) is 0 Å². The molecular weight excluding hydrogens is 118 g/mol. The predicted molar refractivity (Wildman–Crippen MR) is 33.0 cm³/mol. The molecule has 1 aliphatic heterocycles. The first-order chi connectivity index (χ1) is 4.18. The predicted octanol–water partition coefficient (Wildman–Crippen LogP) is -0.138. The standard InChI is InChI=1S/C6H11NO2/c1-4-5(7(4)2)6(8)9-3/h4-5H,1-3H3/t4-,5-,7?/m0/s1. The van der Waals surface area contributed by atoms with Crippen LogP contribution in [0.2, 0.25) is 0 Å². The van der Waals surface area contributed by atoms with E-state index in [1.54, 1.807) is 0 Å². The van der Waals surface area contributed by atoms with Crippen molar-refractivity contribution >= 4 is 5.97 Å². The fraction of sp³-hybridized carbons (Fsp3) is 0.833. The van der Waals surface area contributed by atoms with Crippen LogP contribution in [0.15, 0.2) is 0 Å². The van der Waals surface area contributed by atoms with Crippen molar-refractivity contribution in [1.82, 2.24) is 4.90 Å². The molecule has 0 spiro atoms. The van der Waals surface area contributed by atoms with Gasteiger partial charge in [-0.1, -0.05) is 0 Å². The Morgan fingerprint density at radius 3 is 2.22 bits per heavy atom. The summed E-state index contributed by atoms with van der Waals surface area (Å²) in [4.78, 5) is 12.7. The number of hydrogen-bond acceptors (Lipinski definition) is 3. The van der Waals surface area contributed by atoms with E-state index in [9.17, 15) is 4.79 Å². The number of carbonyl (C=O) groups excluding carboxylic acids is 1. The molecule has 0 aliphatic carbocycles. The summed E-state index contributed by atoms with van der Waals surface area (Å²) in [6.07, 6.45) is 0. The molecule has 0 saturated carbocycles. The third kappa shape index (κ3) is 0.920. The zero-order valence-corrected chi connectivity index (χ0v) is 5.92. The quantitative estimate of drug-likeness (QED) is 0.364.